The molecule has 0 saturated carbocycles. The van der Waals surface area contributed by atoms with Crippen LogP contribution in [0.3, 0.4) is 0 Å². The number of hydrogen-bond donors (Lipinski definition) is 1. The monoisotopic (exact) mass is 322 g/mol. The van der Waals surface area contributed by atoms with E-state index >= 15 is 0 Å². The molecule has 1 aromatic carbocycles. The van der Waals surface area contributed by atoms with Crippen molar-refractivity contribution in [2.24, 2.45) is 0 Å². The van der Waals surface area contributed by atoms with Crippen LogP contribution in [0, 0.1) is 11.3 Å². The van der Waals surface area contributed by atoms with Gasteiger partial charge in [0, 0.05) is 25.8 Å². The van der Waals surface area contributed by atoms with Gasteiger partial charge in [-0.25, -0.2) is 4.98 Å². The van der Waals surface area contributed by atoms with Crippen LogP contribution < -0.4 is 5.32 Å². The molecule has 124 valence electrons. The smallest absolute Gasteiger partial charge is 0.126 e. The molecule has 0 unspecified atom stereocenters. The van der Waals surface area contributed by atoms with Crippen molar-refractivity contribution in [2.75, 3.05) is 25.0 Å². The van der Waals surface area contributed by atoms with Crippen LogP contribution in [0.25, 0.3) is 0 Å². The minimum Gasteiger partial charge on any atom is -0.373 e. The number of nitrogens with zero attached hydrogens (tertiary/aromatic N) is 3. The van der Waals surface area contributed by atoms with E-state index in [4.69, 9.17) is 10.00 Å². The van der Waals surface area contributed by atoms with E-state index in [1.54, 1.807) is 12.3 Å². The number of aromatic nitrogens is 1. The van der Waals surface area contributed by atoms with E-state index < -0.39 is 0 Å². The van der Waals surface area contributed by atoms with Gasteiger partial charge in [0.2, 0.25) is 0 Å². The second kappa shape index (κ2) is 7.91. The minimum absolute atomic E-state index is 0.111. The number of morpholine rings is 1. The summed E-state index contributed by atoms with van der Waals surface area (Å²) in [6.07, 6.45) is 1.69. The van der Waals surface area contributed by atoms with Crippen LogP contribution in [0.1, 0.15) is 18.1 Å². The molecule has 1 aromatic heterocycles. The molecule has 1 N–H and O–H groups in total. The van der Waals surface area contributed by atoms with Gasteiger partial charge in [-0.1, -0.05) is 30.3 Å². The van der Waals surface area contributed by atoms with E-state index in [0.717, 1.165) is 32.1 Å². The van der Waals surface area contributed by atoms with Gasteiger partial charge in [-0.2, -0.15) is 5.26 Å². The SMILES string of the molecule is C[C@@H](Nc1ccc(C#N)cn1)[C@@H]1CN(Cc2ccccc2)CCO1. The van der Waals surface area contributed by atoms with Crippen LogP contribution in [0.2, 0.25) is 0 Å². The summed E-state index contributed by atoms with van der Waals surface area (Å²) in [5.74, 6) is 0.769. The molecular formula is C19H22N4O. The first-order valence-corrected chi connectivity index (χ1v) is 8.25. The Balaban J connectivity index is 1.56. The molecule has 3 rings (SSSR count). The molecule has 0 aliphatic carbocycles. The highest BCUT2D eigenvalue weighted by Crippen LogP contribution is 2.15. The van der Waals surface area contributed by atoms with Gasteiger partial charge in [0.25, 0.3) is 0 Å². The number of ether oxygens (including phenoxy) is 1. The van der Waals surface area contributed by atoms with Crippen LogP contribution in [0.5, 0.6) is 0 Å². The van der Waals surface area contributed by atoms with Crippen molar-refractivity contribution in [3.8, 4) is 6.07 Å². The molecule has 5 heteroatoms. The van der Waals surface area contributed by atoms with E-state index in [1.165, 1.54) is 5.56 Å². The summed E-state index contributed by atoms with van der Waals surface area (Å²) < 4.78 is 5.94. The molecule has 1 aliphatic rings. The van der Waals surface area contributed by atoms with E-state index in [0.29, 0.717) is 5.56 Å². The van der Waals surface area contributed by atoms with Gasteiger partial charge in [0.15, 0.2) is 0 Å². The van der Waals surface area contributed by atoms with Gasteiger partial charge in [-0.05, 0) is 24.6 Å². The predicted molar refractivity (Wildman–Crippen MR) is 93.5 cm³/mol. The molecular weight excluding hydrogens is 300 g/mol. The Morgan fingerprint density at radius 1 is 1.33 bits per heavy atom. The molecule has 24 heavy (non-hydrogen) atoms. The Morgan fingerprint density at radius 3 is 2.88 bits per heavy atom. The molecule has 5 nitrogen and oxygen atoms in total. The van der Waals surface area contributed by atoms with Crippen molar-refractivity contribution >= 4 is 5.82 Å². The Labute approximate surface area is 142 Å². The zero-order chi connectivity index (χ0) is 16.8. The van der Waals surface area contributed by atoms with Gasteiger partial charge >= 0.3 is 0 Å². The van der Waals surface area contributed by atoms with Crippen LogP contribution in [-0.2, 0) is 11.3 Å². The molecule has 0 bridgehead atoms. The van der Waals surface area contributed by atoms with Crippen LogP contribution in [0.15, 0.2) is 48.7 Å². The average Bonchev–Trinajstić information content (AvgIpc) is 2.63. The lowest BCUT2D eigenvalue weighted by Crippen LogP contribution is -2.48. The van der Waals surface area contributed by atoms with E-state index in [2.05, 4.69) is 52.5 Å². The summed E-state index contributed by atoms with van der Waals surface area (Å²) in [6.45, 7) is 5.63. The fourth-order valence-electron chi connectivity index (χ4n) is 2.89. The summed E-state index contributed by atoms with van der Waals surface area (Å²) in [5.41, 5.74) is 1.89. The lowest BCUT2D eigenvalue weighted by atomic mass is 10.1. The first-order chi connectivity index (χ1) is 11.7. The molecule has 1 fully saturated rings. The topological polar surface area (TPSA) is 61.2 Å². The third-order valence-corrected chi connectivity index (χ3v) is 4.25. The highest BCUT2D eigenvalue weighted by atomic mass is 16.5. The highest BCUT2D eigenvalue weighted by molar-refractivity contribution is 5.39. The molecule has 0 radical (unpaired) electrons. The van der Waals surface area contributed by atoms with Crippen molar-refractivity contribution in [1.29, 1.82) is 5.26 Å². The number of pyridine rings is 1. The average molecular weight is 322 g/mol. The Kier molecular flexibility index (Phi) is 5.42. The zero-order valence-corrected chi connectivity index (χ0v) is 13.9. The van der Waals surface area contributed by atoms with Crippen LogP contribution in [-0.4, -0.2) is 41.7 Å². The Bertz CT molecular complexity index is 681. The Morgan fingerprint density at radius 2 is 2.17 bits per heavy atom. The van der Waals surface area contributed by atoms with Gasteiger partial charge in [0.05, 0.1) is 24.3 Å². The first kappa shape index (κ1) is 16.4. The fourth-order valence-corrected chi connectivity index (χ4v) is 2.89. The van der Waals surface area contributed by atoms with E-state index in [-0.39, 0.29) is 12.1 Å². The maximum atomic E-state index is 8.83. The zero-order valence-electron chi connectivity index (χ0n) is 13.9. The maximum Gasteiger partial charge on any atom is 0.126 e. The van der Waals surface area contributed by atoms with Gasteiger partial charge in [-0.15, -0.1) is 0 Å². The third-order valence-electron chi connectivity index (χ3n) is 4.25. The molecule has 1 aliphatic heterocycles. The first-order valence-electron chi connectivity index (χ1n) is 8.25. The number of nitriles is 1. The van der Waals surface area contributed by atoms with Crippen molar-refractivity contribution < 1.29 is 4.74 Å². The summed E-state index contributed by atoms with van der Waals surface area (Å²) in [4.78, 5) is 6.69. The molecule has 1 saturated heterocycles. The standard InChI is InChI=1S/C19H22N4O/c1-15(22-19-8-7-17(11-20)12-21-19)18-14-23(9-10-24-18)13-16-5-3-2-4-6-16/h2-8,12,15,18H,9-10,13-14H2,1H3,(H,21,22)/t15-,18+/m1/s1. The largest absolute Gasteiger partial charge is 0.373 e. The lowest BCUT2D eigenvalue weighted by molar-refractivity contribution is -0.0374. The fraction of sp³-hybridized carbons (Fsp3) is 0.368. The second-order valence-electron chi connectivity index (χ2n) is 6.11. The summed E-state index contributed by atoms with van der Waals surface area (Å²) in [5, 5.41) is 12.2. The minimum atomic E-state index is 0.111. The lowest BCUT2D eigenvalue weighted by Gasteiger charge is -2.36. The second-order valence-corrected chi connectivity index (χ2v) is 6.11. The van der Waals surface area contributed by atoms with Gasteiger partial charge in [-0.3, -0.25) is 4.90 Å². The number of benzene rings is 1. The van der Waals surface area contributed by atoms with Crippen LogP contribution >= 0.6 is 0 Å². The van der Waals surface area contributed by atoms with Crippen molar-refractivity contribution in [2.45, 2.75) is 25.6 Å². The predicted octanol–water partition coefficient (Wildman–Crippen LogP) is 2.65. The summed E-state index contributed by atoms with van der Waals surface area (Å²) >= 11 is 0. The number of rotatable bonds is 5. The molecule has 2 atom stereocenters. The van der Waals surface area contributed by atoms with E-state index in [9.17, 15) is 0 Å². The van der Waals surface area contributed by atoms with Crippen molar-refractivity contribution in [1.82, 2.24) is 9.88 Å². The third kappa shape index (κ3) is 4.31. The Hall–Kier alpha value is -2.42. The maximum absolute atomic E-state index is 8.83. The highest BCUT2D eigenvalue weighted by Gasteiger charge is 2.25. The van der Waals surface area contributed by atoms with Gasteiger partial charge < -0.3 is 10.1 Å². The van der Waals surface area contributed by atoms with E-state index in [1.807, 2.05) is 12.1 Å². The van der Waals surface area contributed by atoms with Crippen LogP contribution in [0.4, 0.5) is 5.82 Å². The van der Waals surface area contributed by atoms with Crippen molar-refractivity contribution in [3.63, 3.8) is 0 Å². The van der Waals surface area contributed by atoms with Gasteiger partial charge in [0.1, 0.15) is 11.9 Å². The molecule has 0 spiro atoms. The molecule has 2 heterocycles. The quantitative estimate of drug-likeness (QED) is 0.917. The number of nitrogens with one attached hydrogen (secondary N) is 1. The number of hydrogen-bond acceptors (Lipinski definition) is 5. The number of anilines is 1. The summed E-state index contributed by atoms with van der Waals surface area (Å²) in [6, 6.07) is 16.3. The van der Waals surface area contributed by atoms with Crippen molar-refractivity contribution in [3.05, 3.63) is 59.8 Å². The molecule has 2 aromatic rings. The summed E-state index contributed by atoms with van der Waals surface area (Å²) in [7, 11) is 0. The molecule has 0 amide bonds. The normalized spacial score (nSPS) is 19.4.